The van der Waals surface area contributed by atoms with Crippen LogP contribution < -0.4 is 9.64 Å². The number of carbonyl (C=O) groups is 2. The maximum atomic E-state index is 14.4. The fourth-order valence-electron chi connectivity index (χ4n) is 4.35. The first-order valence-corrected chi connectivity index (χ1v) is 12.1. The lowest BCUT2D eigenvalue weighted by molar-refractivity contribution is -0.118. The van der Waals surface area contributed by atoms with E-state index >= 15 is 0 Å². The molecular formula is C26H34F2N4O3. The summed E-state index contributed by atoms with van der Waals surface area (Å²) in [6.07, 6.45) is 3.13. The molecule has 0 atom stereocenters. The zero-order chi connectivity index (χ0) is 25.5. The number of anilines is 1. The molecule has 1 aromatic heterocycles. The van der Waals surface area contributed by atoms with Crippen molar-refractivity contribution in [1.82, 2.24) is 14.8 Å². The average Bonchev–Trinajstić information content (AvgIpc) is 2.85. The number of hydrogen-bond acceptors (Lipinski definition) is 5. The van der Waals surface area contributed by atoms with E-state index in [4.69, 9.17) is 4.74 Å². The molecule has 1 aromatic carbocycles. The number of amides is 2. The number of hydrogen-bond donors (Lipinski definition) is 0. The quantitative estimate of drug-likeness (QED) is 0.644. The highest BCUT2D eigenvalue weighted by Crippen LogP contribution is 2.28. The molecular weight excluding hydrogens is 454 g/mol. The van der Waals surface area contributed by atoms with E-state index in [0.29, 0.717) is 54.7 Å². The highest BCUT2D eigenvalue weighted by molar-refractivity contribution is 5.95. The van der Waals surface area contributed by atoms with Gasteiger partial charge in [-0.2, -0.15) is 0 Å². The molecule has 35 heavy (non-hydrogen) atoms. The van der Waals surface area contributed by atoms with Crippen LogP contribution in [0.15, 0.2) is 30.5 Å². The molecule has 2 heterocycles. The Morgan fingerprint density at radius 1 is 1.06 bits per heavy atom. The van der Waals surface area contributed by atoms with Crippen molar-refractivity contribution in [3.63, 3.8) is 0 Å². The van der Waals surface area contributed by atoms with Gasteiger partial charge in [0, 0.05) is 69.1 Å². The minimum absolute atomic E-state index is 0.0329. The molecule has 0 N–H and O–H groups in total. The third kappa shape index (κ3) is 6.54. The number of fused-ring (bicyclic) bond motifs is 1. The molecule has 3 rings (SSSR count). The fraction of sp³-hybridized carbons (Fsp3) is 0.500. The molecule has 0 aliphatic carbocycles. The van der Waals surface area contributed by atoms with Crippen molar-refractivity contribution in [2.75, 3.05) is 38.2 Å². The van der Waals surface area contributed by atoms with Crippen LogP contribution in [0.3, 0.4) is 0 Å². The van der Waals surface area contributed by atoms with Crippen LogP contribution in [0.2, 0.25) is 0 Å². The van der Waals surface area contributed by atoms with Crippen LogP contribution in [-0.4, -0.2) is 65.9 Å². The Balaban J connectivity index is 2.06. The summed E-state index contributed by atoms with van der Waals surface area (Å²) in [5.41, 5.74) is 1.08. The third-order valence-electron chi connectivity index (χ3n) is 6.29. The minimum Gasteiger partial charge on any atom is -0.481 e. The molecule has 0 radical (unpaired) electrons. The van der Waals surface area contributed by atoms with Gasteiger partial charge >= 0.3 is 0 Å². The van der Waals surface area contributed by atoms with Crippen LogP contribution in [0.5, 0.6) is 5.88 Å². The van der Waals surface area contributed by atoms with E-state index in [-0.39, 0.29) is 24.8 Å². The highest BCUT2D eigenvalue weighted by Gasteiger charge is 2.25. The van der Waals surface area contributed by atoms with Gasteiger partial charge < -0.3 is 19.4 Å². The summed E-state index contributed by atoms with van der Waals surface area (Å²) in [7, 11) is 1.47. The van der Waals surface area contributed by atoms with Gasteiger partial charge in [0.05, 0.1) is 12.8 Å². The van der Waals surface area contributed by atoms with Crippen molar-refractivity contribution < 1.29 is 23.1 Å². The summed E-state index contributed by atoms with van der Waals surface area (Å²) in [5.74, 6) is -2.18. The monoisotopic (exact) mass is 488 g/mol. The van der Waals surface area contributed by atoms with Gasteiger partial charge in [-0.1, -0.05) is 6.92 Å². The van der Waals surface area contributed by atoms with Gasteiger partial charge in [-0.3, -0.25) is 9.59 Å². The Kier molecular flexibility index (Phi) is 9.14. The maximum Gasteiger partial charge on any atom is 0.254 e. The van der Waals surface area contributed by atoms with Crippen molar-refractivity contribution in [1.29, 1.82) is 0 Å². The highest BCUT2D eigenvalue weighted by atomic mass is 19.2. The summed E-state index contributed by atoms with van der Waals surface area (Å²) >= 11 is 0. The zero-order valence-corrected chi connectivity index (χ0v) is 20.9. The van der Waals surface area contributed by atoms with Gasteiger partial charge in [-0.15, -0.1) is 0 Å². The SMILES string of the molecule is CCC(=O)N1CCCN(C(C)C)CCCN(C(=O)c2ccnc(OC)c2)Cc2cc(F)c(F)cc21. The summed E-state index contributed by atoms with van der Waals surface area (Å²) in [6.45, 7) is 8.31. The Labute approximate surface area is 205 Å². The zero-order valence-electron chi connectivity index (χ0n) is 20.9. The van der Waals surface area contributed by atoms with Crippen molar-refractivity contribution in [2.45, 2.75) is 52.6 Å². The van der Waals surface area contributed by atoms with E-state index in [1.54, 1.807) is 24.0 Å². The van der Waals surface area contributed by atoms with Crippen molar-refractivity contribution >= 4 is 17.5 Å². The average molecular weight is 489 g/mol. The molecule has 1 aliphatic heterocycles. The van der Waals surface area contributed by atoms with Crippen LogP contribution in [-0.2, 0) is 11.3 Å². The first kappa shape index (κ1) is 26.5. The molecule has 9 heteroatoms. The lowest BCUT2D eigenvalue weighted by atomic mass is 10.1. The topological polar surface area (TPSA) is 66.0 Å². The van der Waals surface area contributed by atoms with Gasteiger partial charge in [0.2, 0.25) is 11.8 Å². The third-order valence-corrected chi connectivity index (χ3v) is 6.29. The molecule has 1 aliphatic rings. The first-order chi connectivity index (χ1) is 16.7. The van der Waals surface area contributed by atoms with Gasteiger partial charge in [-0.05, 0) is 44.4 Å². The van der Waals surface area contributed by atoms with Crippen LogP contribution in [0.25, 0.3) is 0 Å². The predicted molar refractivity (Wildman–Crippen MR) is 130 cm³/mol. The number of halogens is 2. The molecule has 7 nitrogen and oxygen atoms in total. The number of ether oxygens (including phenoxy) is 1. The van der Waals surface area contributed by atoms with Gasteiger partial charge in [0.25, 0.3) is 5.91 Å². The fourth-order valence-corrected chi connectivity index (χ4v) is 4.35. The van der Waals surface area contributed by atoms with Crippen LogP contribution >= 0.6 is 0 Å². The standard InChI is InChI=1S/C26H34F2N4O3/c1-5-25(33)32-13-7-11-30(18(2)3)10-6-12-31(17-20-14-21(27)22(28)16-23(20)32)26(34)19-8-9-29-24(15-19)35-4/h8-9,14-16,18H,5-7,10-13,17H2,1-4H3. The van der Waals surface area contributed by atoms with Gasteiger partial charge in [0.15, 0.2) is 11.6 Å². The molecule has 0 bridgehead atoms. The van der Waals surface area contributed by atoms with Gasteiger partial charge in [0.1, 0.15) is 0 Å². The Morgan fingerprint density at radius 3 is 2.40 bits per heavy atom. The molecule has 0 saturated carbocycles. The number of rotatable bonds is 4. The number of benzene rings is 1. The second kappa shape index (κ2) is 12.1. The number of aromatic nitrogens is 1. The van der Waals surface area contributed by atoms with Crippen LogP contribution in [0.4, 0.5) is 14.5 Å². The number of methoxy groups -OCH3 is 1. The summed E-state index contributed by atoms with van der Waals surface area (Å²) < 4.78 is 33.9. The second-order valence-corrected chi connectivity index (χ2v) is 8.94. The number of pyridine rings is 1. The predicted octanol–water partition coefficient (Wildman–Crippen LogP) is 4.26. The summed E-state index contributed by atoms with van der Waals surface area (Å²) in [6, 6.07) is 5.61. The Hall–Kier alpha value is -3.07. The molecule has 0 spiro atoms. The Bertz CT molecular complexity index is 1050. The van der Waals surface area contributed by atoms with Gasteiger partial charge in [-0.25, -0.2) is 13.8 Å². The normalized spacial score (nSPS) is 15.9. The van der Waals surface area contributed by atoms with E-state index in [1.165, 1.54) is 18.2 Å². The number of nitrogens with zero attached hydrogens (tertiary/aromatic N) is 4. The van der Waals surface area contributed by atoms with Crippen molar-refractivity contribution in [3.8, 4) is 5.88 Å². The van der Waals surface area contributed by atoms with Crippen molar-refractivity contribution in [3.05, 3.63) is 53.2 Å². The maximum absolute atomic E-state index is 14.4. The minimum atomic E-state index is -1.02. The number of carbonyl (C=O) groups excluding carboxylic acids is 2. The molecule has 0 saturated heterocycles. The first-order valence-electron chi connectivity index (χ1n) is 12.1. The van der Waals surface area contributed by atoms with E-state index in [9.17, 15) is 18.4 Å². The van der Waals surface area contributed by atoms with Crippen LogP contribution in [0.1, 0.15) is 56.0 Å². The molecule has 0 fully saturated rings. The lowest BCUT2D eigenvalue weighted by Crippen LogP contribution is -2.40. The van der Waals surface area contributed by atoms with E-state index in [2.05, 4.69) is 23.7 Å². The molecule has 2 amide bonds. The van der Waals surface area contributed by atoms with Crippen LogP contribution in [0, 0.1) is 11.6 Å². The lowest BCUT2D eigenvalue weighted by Gasteiger charge is -2.33. The molecule has 190 valence electrons. The smallest absolute Gasteiger partial charge is 0.254 e. The van der Waals surface area contributed by atoms with Crippen molar-refractivity contribution in [2.24, 2.45) is 0 Å². The summed E-state index contributed by atoms with van der Waals surface area (Å²) in [5, 5.41) is 0. The van der Waals surface area contributed by atoms with E-state index in [0.717, 1.165) is 25.2 Å². The largest absolute Gasteiger partial charge is 0.481 e. The summed E-state index contributed by atoms with van der Waals surface area (Å²) in [4.78, 5) is 35.9. The van der Waals surface area contributed by atoms with E-state index < -0.39 is 11.6 Å². The second-order valence-electron chi connectivity index (χ2n) is 8.94. The molecule has 0 unspecified atom stereocenters. The Morgan fingerprint density at radius 2 is 1.74 bits per heavy atom. The molecule has 2 aromatic rings. The van der Waals surface area contributed by atoms with E-state index in [1.807, 2.05) is 0 Å².